The molecule has 0 bridgehead atoms. The van der Waals surface area contributed by atoms with Gasteiger partial charge in [-0.3, -0.25) is 4.79 Å². The minimum Gasteiger partial charge on any atom is -0.348 e. The van der Waals surface area contributed by atoms with Crippen molar-refractivity contribution in [2.45, 2.75) is 30.7 Å². The first-order valence-corrected chi connectivity index (χ1v) is 11.0. The summed E-state index contributed by atoms with van der Waals surface area (Å²) >= 11 is 11.8. The Labute approximate surface area is 164 Å². The molecule has 0 radical (unpaired) electrons. The molecule has 2 N–H and O–H groups in total. The summed E-state index contributed by atoms with van der Waals surface area (Å²) < 4.78 is 26.9. The zero-order chi connectivity index (χ0) is 18.9. The fraction of sp³-hybridized carbons (Fsp3) is 0.588. The second kappa shape index (κ2) is 8.02. The van der Waals surface area contributed by atoms with Gasteiger partial charge in [-0.1, -0.05) is 23.2 Å². The Morgan fingerprint density at radius 3 is 2.50 bits per heavy atom. The van der Waals surface area contributed by atoms with Crippen LogP contribution in [0.2, 0.25) is 10.0 Å². The number of hydrogen-bond donors (Lipinski definition) is 2. The summed E-state index contributed by atoms with van der Waals surface area (Å²) in [6, 6.07) is 4.57. The molecule has 1 amide bonds. The molecule has 1 aliphatic heterocycles. The van der Waals surface area contributed by atoms with E-state index in [9.17, 15) is 13.2 Å². The van der Waals surface area contributed by atoms with Gasteiger partial charge in [0.2, 0.25) is 10.0 Å². The zero-order valence-corrected chi connectivity index (χ0v) is 17.0. The smallest absolute Gasteiger partial charge is 0.275 e. The van der Waals surface area contributed by atoms with E-state index in [1.165, 1.54) is 35.3 Å². The monoisotopic (exact) mass is 420 g/mol. The molecular formula is C17H24Cl2N3O3S+. The van der Waals surface area contributed by atoms with Crippen LogP contribution in [0.1, 0.15) is 19.8 Å². The zero-order valence-electron chi connectivity index (χ0n) is 14.7. The molecule has 26 heavy (non-hydrogen) atoms. The normalized spacial score (nSPS) is 20.7. The lowest BCUT2D eigenvalue weighted by molar-refractivity contribution is -0.895. The Balaban J connectivity index is 1.53. The molecule has 0 spiro atoms. The van der Waals surface area contributed by atoms with E-state index in [1.54, 1.807) is 0 Å². The van der Waals surface area contributed by atoms with Crippen LogP contribution in [0, 0.1) is 5.92 Å². The van der Waals surface area contributed by atoms with Crippen molar-refractivity contribution in [3.05, 3.63) is 28.2 Å². The third-order valence-electron chi connectivity index (χ3n) is 5.09. The van der Waals surface area contributed by atoms with Gasteiger partial charge in [-0.15, -0.1) is 0 Å². The number of nitrogens with zero attached hydrogens (tertiary/aromatic N) is 1. The second-order valence-corrected chi connectivity index (χ2v) is 9.85. The minimum absolute atomic E-state index is 0.0418. The van der Waals surface area contributed by atoms with Crippen molar-refractivity contribution in [2.24, 2.45) is 5.92 Å². The van der Waals surface area contributed by atoms with Gasteiger partial charge in [0.1, 0.15) is 0 Å². The highest BCUT2D eigenvalue weighted by Crippen LogP contribution is 2.32. The van der Waals surface area contributed by atoms with E-state index in [4.69, 9.17) is 23.2 Å². The van der Waals surface area contributed by atoms with Crippen molar-refractivity contribution < 1.29 is 18.1 Å². The summed E-state index contributed by atoms with van der Waals surface area (Å²) in [7, 11) is -3.60. The second-order valence-electron chi connectivity index (χ2n) is 7.10. The van der Waals surface area contributed by atoms with E-state index in [1.807, 2.05) is 6.92 Å². The molecule has 2 fully saturated rings. The molecule has 3 rings (SSSR count). The highest BCUT2D eigenvalue weighted by atomic mass is 35.5. The molecule has 2 aliphatic rings. The van der Waals surface area contributed by atoms with Crippen molar-refractivity contribution in [3.63, 3.8) is 0 Å². The van der Waals surface area contributed by atoms with Crippen LogP contribution >= 0.6 is 23.2 Å². The maximum Gasteiger partial charge on any atom is 0.275 e. The first kappa shape index (κ1) is 19.9. The Morgan fingerprint density at radius 2 is 1.92 bits per heavy atom. The largest absolute Gasteiger partial charge is 0.348 e. The number of nitrogens with one attached hydrogen (secondary N) is 2. The van der Waals surface area contributed by atoms with Gasteiger partial charge in [-0.05, 0) is 43.9 Å². The van der Waals surface area contributed by atoms with Crippen LogP contribution in [-0.4, -0.2) is 57.4 Å². The third-order valence-corrected chi connectivity index (χ3v) is 7.72. The molecule has 0 unspecified atom stereocenters. The van der Waals surface area contributed by atoms with Gasteiger partial charge in [-0.2, -0.15) is 4.31 Å². The topological polar surface area (TPSA) is 70.9 Å². The van der Waals surface area contributed by atoms with Gasteiger partial charge in [0, 0.05) is 6.04 Å². The number of rotatable bonds is 6. The maximum atomic E-state index is 12.7. The van der Waals surface area contributed by atoms with Gasteiger partial charge in [-0.25, -0.2) is 8.42 Å². The Hall–Kier alpha value is -0.860. The van der Waals surface area contributed by atoms with Crippen molar-refractivity contribution >= 4 is 39.1 Å². The Morgan fingerprint density at radius 1 is 1.27 bits per heavy atom. The summed E-state index contributed by atoms with van der Waals surface area (Å²) in [4.78, 5) is 13.4. The van der Waals surface area contributed by atoms with Gasteiger partial charge >= 0.3 is 0 Å². The summed E-state index contributed by atoms with van der Waals surface area (Å²) in [6.07, 6.45) is 2.39. The number of hydrogen-bond acceptors (Lipinski definition) is 3. The van der Waals surface area contributed by atoms with E-state index in [-0.39, 0.29) is 21.9 Å². The number of carbonyl (C=O) groups excluding carboxylic acids is 1. The Bertz CT molecular complexity index is 775. The van der Waals surface area contributed by atoms with Gasteiger partial charge < -0.3 is 10.2 Å². The van der Waals surface area contributed by atoms with E-state index < -0.39 is 10.0 Å². The molecule has 0 aromatic heterocycles. The van der Waals surface area contributed by atoms with Crippen molar-refractivity contribution in [1.29, 1.82) is 0 Å². The number of quaternary nitrogens is 1. The van der Waals surface area contributed by atoms with Gasteiger partial charge in [0.25, 0.3) is 5.91 Å². The van der Waals surface area contributed by atoms with E-state index in [0.29, 0.717) is 43.7 Å². The van der Waals surface area contributed by atoms with Gasteiger partial charge in [0.15, 0.2) is 6.54 Å². The van der Waals surface area contributed by atoms with E-state index in [2.05, 4.69) is 5.32 Å². The van der Waals surface area contributed by atoms with Crippen LogP contribution in [0.4, 0.5) is 0 Å². The summed E-state index contributed by atoms with van der Waals surface area (Å²) in [5.41, 5.74) is 0. The standard InChI is InChI=1S/C17H23Cl2N3O3S/c1-12(13-2-3-13)20-17(23)11-21-6-8-22(9-7-21)26(24,25)14-4-5-15(18)16(19)10-14/h4-5,10,12-13H,2-3,6-9,11H2,1H3,(H,20,23)/p+1/t12-/m0/s1. The number of amides is 1. The average Bonchev–Trinajstić information content (AvgIpc) is 3.42. The summed E-state index contributed by atoms with van der Waals surface area (Å²) in [5.74, 6) is 0.669. The molecular weight excluding hydrogens is 397 g/mol. The maximum absolute atomic E-state index is 12.7. The highest BCUT2D eigenvalue weighted by Gasteiger charge is 2.33. The van der Waals surface area contributed by atoms with Crippen molar-refractivity contribution in [2.75, 3.05) is 32.7 Å². The van der Waals surface area contributed by atoms with Crippen LogP contribution in [-0.2, 0) is 14.8 Å². The van der Waals surface area contributed by atoms with Crippen LogP contribution in [0.25, 0.3) is 0 Å². The SMILES string of the molecule is C[C@H](NC(=O)C[NH+]1CCN(S(=O)(=O)c2ccc(Cl)c(Cl)c2)CC1)C1CC1. The van der Waals surface area contributed by atoms with Crippen molar-refractivity contribution in [3.8, 4) is 0 Å². The molecule has 1 atom stereocenters. The molecule has 1 aliphatic carbocycles. The molecule has 1 aromatic carbocycles. The highest BCUT2D eigenvalue weighted by molar-refractivity contribution is 7.89. The molecule has 9 heteroatoms. The Kier molecular flexibility index (Phi) is 6.14. The van der Waals surface area contributed by atoms with Crippen molar-refractivity contribution in [1.82, 2.24) is 9.62 Å². The lowest BCUT2D eigenvalue weighted by atomic mass is 10.2. The first-order chi connectivity index (χ1) is 12.3. The summed E-state index contributed by atoms with van der Waals surface area (Å²) in [6.45, 7) is 4.40. The average molecular weight is 421 g/mol. The fourth-order valence-electron chi connectivity index (χ4n) is 3.25. The number of sulfonamides is 1. The minimum atomic E-state index is -3.60. The molecule has 1 heterocycles. The molecule has 1 saturated carbocycles. The summed E-state index contributed by atoms with van der Waals surface area (Å²) in [5, 5.41) is 3.60. The van der Waals surface area contributed by atoms with Gasteiger partial charge in [0.05, 0.1) is 41.1 Å². The molecule has 1 saturated heterocycles. The number of benzene rings is 1. The predicted octanol–water partition coefficient (Wildman–Crippen LogP) is 0.797. The molecule has 1 aromatic rings. The lowest BCUT2D eigenvalue weighted by Crippen LogP contribution is -3.15. The first-order valence-electron chi connectivity index (χ1n) is 8.85. The molecule has 6 nitrogen and oxygen atoms in total. The van der Waals surface area contributed by atoms with Crippen LogP contribution in [0.5, 0.6) is 0 Å². The lowest BCUT2D eigenvalue weighted by Gasteiger charge is -2.31. The quantitative estimate of drug-likeness (QED) is 0.714. The van der Waals surface area contributed by atoms with E-state index >= 15 is 0 Å². The van der Waals surface area contributed by atoms with Crippen LogP contribution in [0.15, 0.2) is 23.1 Å². The number of halogens is 2. The molecule has 144 valence electrons. The third kappa shape index (κ3) is 4.70. The number of piperazine rings is 1. The fourth-order valence-corrected chi connectivity index (χ4v) is 5.08. The number of carbonyl (C=O) groups is 1. The van der Waals surface area contributed by atoms with E-state index in [0.717, 1.165) is 4.90 Å². The predicted molar refractivity (Wildman–Crippen MR) is 101 cm³/mol. The van der Waals surface area contributed by atoms with Crippen LogP contribution in [0.3, 0.4) is 0 Å². The van der Waals surface area contributed by atoms with Crippen LogP contribution < -0.4 is 10.2 Å².